The number of esters is 3. The molecule has 6 saturated carbocycles. The van der Waals surface area contributed by atoms with E-state index in [-0.39, 0.29) is 37.2 Å². The van der Waals surface area contributed by atoms with Crippen molar-refractivity contribution in [3.05, 3.63) is 47.6 Å². The van der Waals surface area contributed by atoms with Crippen LogP contribution >= 0.6 is 0 Å². The molecule has 8 rings (SSSR count). The van der Waals surface area contributed by atoms with E-state index >= 15 is 8.78 Å². The van der Waals surface area contributed by atoms with E-state index in [1.807, 2.05) is 0 Å². The van der Waals surface area contributed by atoms with Gasteiger partial charge in [-0.25, -0.2) is 8.78 Å². The zero-order chi connectivity index (χ0) is 49.9. The van der Waals surface area contributed by atoms with Gasteiger partial charge in [0, 0.05) is 33.5 Å². The standard InChI is InChI=1S/C51H65F2NO14/c1-26-17-34-32-9-7-28-19-30(55)13-15-44(28,3)48(32,52)37(57)21-46(34,5)50(26,64)39(59)24-67-42(62)12-11-41(61)66-23-36(54)43(63)68-25-40(60)51(65)27(2)18-35-33-10-8-29-20-31(56)14-16-45(29,4)49(33,53)38(58)22-47(35,51)6/h13-16,19-20,26-27,32-38,57-58,64-65H,7-12,17-18,21-25,54H2,1-6H3/t26-,27+,32?,33?,34?,35?,36?,37-,38-,44-,45-,46-,47-,48-,49-,50-,51-/m0/s1. The Balaban J connectivity index is 0.805. The summed E-state index contributed by atoms with van der Waals surface area (Å²) in [6, 6.07) is -1.57. The van der Waals surface area contributed by atoms with Crippen LogP contribution < -0.4 is 5.73 Å². The van der Waals surface area contributed by atoms with Crippen LogP contribution in [-0.4, -0.2) is 122 Å². The number of fused-ring (bicyclic) bond motifs is 10. The average Bonchev–Trinajstić information content (AvgIpc) is 3.61. The molecule has 17 heteroatoms. The smallest absolute Gasteiger partial charge is 0.326 e. The third-order valence-electron chi connectivity index (χ3n) is 19.3. The summed E-state index contributed by atoms with van der Waals surface area (Å²) in [6.45, 7) is 7.50. The maximum Gasteiger partial charge on any atom is 0.326 e. The first kappa shape index (κ1) is 50.1. The lowest BCUT2D eigenvalue weighted by molar-refractivity contribution is -0.220. The number of ketones is 4. The number of aliphatic hydroxyl groups is 4. The van der Waals surface area contributed by atoms with E-state index in [1.54, 1.807) is 41.5 Å². The fraction of sp³-hybridized carbons (Fsp3) is 0.706. The molecule has 6 N–H and O–H groups in total. The summed E-state index contributed by atoms with van der Waals surface area (Å²) in [5.74, 6) is -9.23. The van der Waals surface area contributed by atoms with E-state index in [0.29, 0.717) is 36.8 Å². The van der Waals surface area contributed by atoms with Crippen LogP contribution in [0.4, 0.5) is 8.78 Å². The molecule has 68 heavy (non-hydrogen) atoms. The van der Waals surface area contributed by atoms with Crippen molar-refractivity contribution in [1.29, 1.82) is 0 Å². The highest BCUT2D eigenvalue weighted by atomic mass is 19.1. The second-order valence-electron chi connectivity index (χ2n) is 22.2. The number of halogens is 2. The second-order valence-corrected chi connectivity index (χ2v) is 22.2. The van der Waals surface area contributed by atoms with Crippen LogP contribution in [0.3, 0.4) is 0 Å². The lowest BCUT2D eigenvalue weighted by atomic mass is 9.44. The molecule has 0 radical (unpaired) electrons. The number of aliphatic hydroxyl groups excluding tert-OH is 2. The molecule has 6 fully saturated rings. The molecule has 0 heterocycles. The molecule has 0 saturated heterocycles. The number of nitrogens with two attached hydrogens (primary N) is 1. The minimum absolute atomic E-state index is 0.249. The zero-order valence-corrected chi connectivity index (χ0v) is 39.6. The van der Waals surface area contributed by atoms with Crippen LogP contribution in [0.15, 0.2) is 47.6 Å². The quantitative estimate of drug-likeness (QED) is 0.139. The molecule has 15 nitrogen and oxygen atoms in total. The molecule has 8 aliphatic carbocycles. The first-order valence-electron chi connectivity index (χ1n) is 24.0. The van der Waals surface area contributed by atoms with Gasteiger partial charge in [0.15, 0.2) is 36.1 Å². The normalized spacial score (nSPS) is 45.8. The van der Waals surface area contributed by atoms with Gasteiger partial charge in [-0.05, 0) is 113 Å². The van der Waals surface area contributed by atoms with E-state index in [9.17, 15) is 54.0 Å². The van der Waals surface area contributed by atoms with E-state index < -0.39 is 160 Å². The number of allylic oxidation sites excluding steroid dienone is 8. The highest BCUT2D eigenvalue weighted by Gasteiger charge is 2.77. The van der Waals surface area contributed by atoms with E-state index in [1.165, 1.54) is 36.5 Å². The molecule has 0 bridgehead atoms. The number of alkyl halides is 2. The van der Waals surface area contributed by atoms with E-state index in [2.05, 4.69) is 0 Å². The summed E-state index contributed by atoms with van der Waals surface area (Å²) in [4.78, 5) is 90.3. The van der Waals surface area contributed by atoms with Gasteiger partial charge >= 0.3 is 17.9 Å². The van der Waals surface area contributed by atoms with Crippen LogP contribution in [0.5, 0.6) is 0 Å². The van der Waals surface area contributed by atoms with Gasteiger partial charge in [-0.2, -0.15) is 0 Å². The Morgan fingerprint density at radius 1 is 0.676 bits per heavy atom. The van der Waals surface area contributed by atoms with Crippen molar-refractivity contribution >= 4 is 41.0 Å². The Kier molecular flexibility index (Phi) is 12.3. The van der Waals surface area contributed by atoms with Crippen LogP contribution in [0.1, 0.15) is 106 Å². The first-order chi connectivity index (χ1) is 31.6. The largest absolute Gasteiger partial charge is 0.463 e. The highest BCUT2D eigenvalue weighted by Crippen LogP contribution is 2.72. The van der Waals surface area contributed by atoms with Crippen LogP contribution in [0.2, 0.25) is 0 Å². The van der Waals surface area contributed by atoms with Crippen molar-refractivity contribution in [3.8, 4) is 0 Å². The monoisotopic (exact) mass is 953 g/mol. The highest BCUT2D eigenvalue weighted by molar-refractivity contribution is 6.02. The Bertz CT molecular complexity index is 2350. The number of carbonyl (C=O) groups excluding carboxylic acids is 7. The van der Waals surface area contributed by atoms with Crippen LogP contribution in [0, 0.1) is 57.2 Å². The van der Waals surface area contributed by atoms with Crippen LogP contribution in [-0.2, 0) is 47.8 Å². The average molecular weight is 954 g/mol. The molecule has 5 unspecified atom stereocenters. The molecular weight excluding hydrogens is 889 g/mol. The second kappa shape index (κ2) is 16.7. The first-order valence-corrected chi connectivity index (χ1v) is 24.0. The fourth-order valence-corrected chi connectivity index (χ4v) is 15.5. The van der Waals surface area contributed by atoms with Crippen molar-refractivity contribution < 1.29 is 77.0 Å². The Labute approximate surface area is 394 Å². The van der Waals surface area contributed by atoms with Crippen molar-refractivity contribution in [2.45, 2.75) is 147 Å². The van der Waals surface area contributed by atoms with Crippen molar-refractivity contribution in [1.82, 2.24) is 0 Å². The molecule has 0 aromatic carbocycles. The number of rotatable bonds is 12. The van der Waals surface area contributed by atoms with Gasteiger partial charge in [0.2, 0.25) is 11.6 Å². The number of Topliss-reactive ketones (excluding diaryl/α,β-unsaturated/α-hetero) is 2. The van der Waals surface area contributed by atoms with E-state index in [4.69, 9.17) is 19.9 Å². The van der Waals surface area contributed by atoms with Gasteiger partial charge in [0.25, 0.3) is 0 Å². The predicted octanol–water partition coefficient (Wildman–Crippen LogP) is 3.56. The molecule has 0 aromatic rings. The van der Waals surface area contributed by atoms with Crippen molar-refractivity contribution in [2.24, 2.45) is 62.9 Å². The Hall–Kier alpha value is -4.29. The molecule has 0 aromatic heterocycles. The topological polar surface area (TPSA) is 254 Å². The molecule has 17 atom stereocenters. The minimum Gasteiger partial charge on any atom is -0.463 e. The van der Waals surface area contributed by atoms with Gasteiger partial charge < -0.3 is 40.4 Å². The summed E-state index contributed by atoms with van der Waals surface area (Å²) < 4.78 is 50.4. The Morgan fingerprint density at radius 2 is 1.07 bits per heavy atom. The number of hydrogen-bond acceptors (Lipinski definition) is 15. The summed E-state index contributed by atoms with van der Waals surface area (Å²) in [7, 11) is 0. The molecular formula is C51H65F2NO14. The molecule has 372 valence electrons. The summed E-state index contributed by atoms with van der Waals surface area (Å²) in [6.07, 6.45) is 5.62. The number of carbonyl (C=O) groups is 7. The maximum absolute atomic E-state index is 17.5. The minimum atomic E-state index is -2.17. The molecule has 0 spiro atoms. The van der Waals surface area contributed by atoms with E-state index in [0.717, 1.165) is 0 Å². The fourth-order valence-electron chi connectivity index (χ4n) is 15.5. The summed E-state index contributed by atoms with van der Waals surface area (Å²) >= 11 is 0. The van der Waals surface area contributed by atoms with Gasteiger partial charge in [-0.3, -0.25) is 33.6 Å². The lowest BCUT2D eigenvalue weighted by Gasteiger charge is -2.62. The lowest BCUT2D eigenvalue weighted by Crippen LogP contribution is -2.69. The summed E-state index contributed by atoms with van der Waals surface area (Å²) in [5.41, 5.74) is -6.54. The van der Waals surface area contributed by atoms with Gasteiger partial charge in [-0.15, -0.1) is 0 Å². The van der Waals surface area contributed by atoms with Crippen molar-refractivity contribution in [3.63, 3.8) is 0 Å². The molecule has 8 aliphatic rings. The predicted molar refractivity (Wildman–Crippen MR) is 236 cm³/mol. The third-order valence-corrected chi connectivity index (χ3v) is 19.3. The Morgan fingerprint density at radius 3 is 1.50 bits per heavy atom. The summed E-state index contributed by atoms with van der Waals surface area (Å²) in [5, 5.41) is 47.5. The zero-order valence-electron chi connectivity index (χ0n) is 39.6. The third kappa shape index (κ3) is 6.74. The number of hydrogen-bond donors (Lipinski definition) is 5. The SMILES string of the molecule is C[C@@H]1CC2C3CCC4=CC(=O)C=C[C@]4(C)[C@@]3(F)[C@@H](O)C[C@]2(C)[C@@]1(O)C(=O)COC(=O)C(N)COC(=O)CCC(=O)OCC(=O)[C@@]1(O)[C@@H](C)CC2C3CCC4=CC(=O)C=C[C@]4(C)[C@@]3(F)[C@@H](O)C[C@@]21C. The number of ether oxygens (including phenoxy) is 3. The maximum atomic E-state index is 17.5. The molecule has 0 aliphatic heterocycles. The van der Waals surface area contributed by atoms with Crippen molar-refractivity contribution in [2.75, 3.05) is 19.8 Å². The van der Waals surface area contributed by atoms with Gasteiger partial charge in [0.05, 0.1) is 25.0 Å². The van der Waals surface area contributed by atoms with Crippen LogP contribution in [0.25, 0.3) is 0 Å². The molecule has 0 amide bonds. The van der Waals surface area contributed by atoms with Gasteiger partial charge in [0.1, 0.15) is 23.9 Å². The van der Waals surface area contributed by atoms with Gasteiger partial charge in [-0.1, -0.05) is 51.0 Å².